The highest BCUT2D eigenvalue weighted by Crippen LogP contribution is 2.09. The van der Waals surface area contributed by atoms with Crippen molar-refractivity contribution in [2.45, 2.75) is 0 Å². The summed E-state index contributed by atoms with van der Waals surface area (Å²) in [5.74, 6) is 0.635. The van der Waals surface area contributed by atoms with Gasteiger partial charge in [-0.2, -0.15) is 9.94 Å². The SMILES string of the molecule is CN(C)C=Nc1c(C#N)c[nH][n+]1C. The third kappa shape index (κ3) is 2.06. The minimum atomic E-state index is 0.542. The molecule has 0 saturated carbocycles. The summed E-state index contributed by atoms with van der Waals surface area (Å²) in [4.78, 5) is 5.96. The Bertz CT molecular complexity index is 355. The van der Waals surface area contributed by atoms with Crippen molar-refractivity contribution in [2.24, 2.45) is 12.0 Å². The number of H-pyrrole nitrogens is 1. The fourth-order valence-corrected chi connectivity index (χ4v) is 0.876. The molecule has 0 spiro atoms. The van der Waals surface area contributed by atoms with Crippen LogP contribution >= 0.6 is 0 Å². The van der Waals surface area contributed by atoms with Gasteiger partial charge in [0.05, 0.1) is 6.20 Å². The normalized spacial score (nSPS) is 10.3. The lowest BCUT2D eigenvalue weighted by Crippen LogP contribution is -2.29. The zero-order valence-corrected chi connectivity index (χ0v) is 7.94. The molecular formula is C8H12N5+. The summed E-state index contributed by atoms with van der Waals surface area (Å²) >= 11 is 0. The van der Waals surface area contributed by atoms with Gasteiger partial charge >= 0.3 is 5.82 Å². The molecule has 0 saturated heterocycles. The first-order chi connectivity index (χ1) is 6.15. The zero-order valence-electron chi connectivity index (χ0n) is 7.94. The van der Waals surface area contributed by atoms with E-state index < -0.39 is 0 Å². The van der Waals surface area contributed by atoms with Gasteiger partial charge in [-0.15, -0.1) is 0 Å². The monoisotopic (exact) mass is 178 g/mol. The van der Waals surface area contributed by atoms with E-state index >= 15 is 0 Å². The summed E-state index contributed by atoms with van der Waals surface area (Å²) in [6.07, 6.45) is 3.28. The van der Waals surface area contributed by atoms with Crippen molar-refractivity contribution < 1.29 is 4.68 Å². The van der Waals surface area contributed by atoms with Gasteiger partial charge in [-0.05, 0) is 4.99 Å². The van der Waals surface area contributed by atoms with Crippen molar-refractivity contribution in [2.75, 3.05) is 14.1 Å². The van der Waals surface area contributed by atoms with Crippen LogP contribution in [0.25, 0.3) is 0 Å². The van der Waals surface area contributed by atoms with Crippen LogP contribution in [0.2, 0.25) is 0 Å². The van der Waals surface area contributed by atoms with E-state index in [2.05, 4.69) is 16.2 Å². The average Bonchev–Trinajstić information content (AvgIpc) is 2.43. The first kappa shape index (κ1) is 9.26. The van der Waals surface area contributed by atoms with Crippen molar-refractivity contribution >= 4 is 12.2 Å². The minimum Gasteiger partial charge on any atom is -0.348 e. The summed E-state index contributed by atoms with van der Waals surface area (Å²) in [6.45, 7) is 0. The molecule has 0 aliphatic rings. The fourth-order valence-electron chi connectivity index (χ4n) is 0.876. The third-order valence-electron chi connectivity index (χ3n) is 1.49. The number of aliphatic imine (C=N–C) groups is 1. The minimum absolute atomic E-state index is 0.542. The lowest BCUT2D eigenvalue weighted by molar-refractivity contribution is -0.714. The smallest absolute Gasteiger partial charge is 0.348 e. The Kier molecular flexibility index (Phi) is 2.65. The Morgan fingerprint density at radius 3 is 2.92 bits per heavy atom. The lowest BCUT2D eigenvalue weighted by Gasteiger charge is -1.95. The highest BCUT2D eigenvalue weighted by molar-refractivity contribution is 5.60. The molecular weight excluding hydrogens is 166 g/mol. The van der Waals surface area contributed by atoms with Crippen LogP contribution in [-0.4, -0.2) is 30.4 Å². The summed E-state index contributed by atoms with van der Waals surface area (Å²) < 4.78 is 1.69. The van der Waals surface area contributed by atoms with Gasteiger partial charge in [-0.1, -0.05) is 0 Å². The Morgan fingerprint density at radius 1 is 1.69 bits per heavy atom. The van der Waals surface area contributed by atoms with Crippen molar-refractivity contribution in [3.05, 3.63) is 11.8 Å². The Labute approximate surface area is 76.9 Å². The van der Waals surface area contributed by atoms with Crippen LogP contribution < -0.4 is 4.68 Å². The maximum absolute atomic E-state index is 8.73. The fraction of sp³-hybridized carbons (Fsp3) is 0.375. The maximum atomic E-state index is 8.73. The van der Waals surface area contributed by atoms with Crippen molar-refractivity contribution in [1.29, 1.82) is 5.26 Å². The van der Waals surface area contributed by atoms with Crippen LogP contribution in [0.5, 0.6) is 0 Å². The van der Waals surface area contributed by atoms with Crippen LogP contribution in [0.4, 0.5) is 5.82 Å². The van der Waals surface area contributed by atoms with Gasteiger partial charge in [0, 0.05) is 14.1 Å². The van der Waals surface area contributed by atoms with Gasteiger partial charge < -0.3 is 4.90 Å². The molecule has 5 nitrogen and oxygen atoms in total. The van der Waals surface area contributed by atoms with Crippen molar-refractivity contribution in [3.63, 3.8) is 0 Å². The van der Waals surface area contributed by atoms with E-state index in [1.807, 2.05) is 26.0 Å². The van der Waals surface area contributed by atoms with Gasteiger partial charge in [-0.25, -0.2) is 5.10 Å². The van der Waals surface area contributed by atoms with Gasteiger partial charge in [-0.3, -0.25) is 0 Å². The zero-order chi connectivity index (χ0) is 9.84. The molecule has 1 N–H and O–H groups in total. The number of aromatic amines is 1. The van der Waals surface area contributed by atoms with E-state index in [9.17, 15) is 0 Å². The third-order valence-corrected chi connectivity index (χ3v) is 1.49. The van der Waals surface area contributed by atoms with Gasteiger partial charge in [0.15, 0.2) is 5.56 Å². The molecule has 0 aliphatic heterocycles. The molecule has 0 bridgehead atoms. The lowest BCUT2D eigenvalue weighted by atomic mass is 10.4. The number of nitrogens with zero attached hydrogens (tertiary/aromatic N) is 4. The van der Waals surface area contributed by atoms with Crippen LogP contribution in [0, 0.1) is 11.3 Å². The number of aryl methyl sites for hydroxylation is 1. The van der Waals surface area contributed by atoms with Crippen LogP contribution in [0.1, 0.15) is 5.56 Å². The standard InChI is InChI=1S/C8H11N5/c1-12(2)6-10-8-7(4-9)5-11-13(8)3/h5-6H,1-3H3/p+1. The Balaban J connectivity index is 3.00. The van der Waals surface area contributed by atoms with Crippen molar-refractivity contribution in [1.82, 2.24) is 10.00 Å². The predicted molar refractivity (Wildman–Crippen MR) is 48.5 cm³/mol. The van der Waals surface area contributed by atoms with Gasteiger partial charge in [0.25, 0.3) is 0 Å². The molecule has 5 heteroatoms. The second-order valence-electron chi connectivity index (χ2n) is 2.89. The summed E-state index contributed by atoms with van der Waals surface area (Å²) in [7, 11) is 5.56. The van der Waals surface area contributed by atoms with Crippen LogP contribution in [0.15, 0.2) is 11.2 Å². The predicted octanol–water partition coefficient (Wildman–Crippen LogP) is -0.0677. The molecule has 0 unspecified atom stereocenters. The second kappa shape index (κ2) is 3.72. The quantitative estimate of drug-likeness (QED) is 0.391. The topological polar surface area (TPSA) is 59.1 Å². The van der Waals surface area contributed by atoms with Gasteiger partial charge in [0.1, 0.15) is 13.1 Å². The number of nitriles is 1. The highest BCUT2D eigenvalue weighted by Gasteiger charge is 2.14. The maximum Gasteiger partial charge on any atom is 0.362 e. The van der Waals surface area contributed by atoms with E-state index in [1.165, 1.54) is 0 Å². The first-order valence-electron chi connectivity index (χ1n) is 3.83. The number of hydrogen-bond donors (Lipinski definition) is 1. The van der Waals surface area contributed by atoms with E-state index in [1.54, 1.807) is 17.2 Å². The molecule has 1 aromatic rings. The number of aromatic nitrogens is 2. The average molecular weight is 178 g/mol. The van der Waals surface area contributed by atoms with E-state index in [-0.39, 0.29) is 0 Å². The summed E-state index contributed by atoms with van der Waals surface area (Å²) in [6, 6.07) is 2.06. The molecule has 0 amide bonds. The van der Waals surface area contributed by atoms with Crippen LogP contribution in [-0.2, 0) is 7.05 Å². The molecule has 68 valence electrons. The van der Waals surface area contributed by atoms with Gasteiger partial charge in [0.2, 0.25) is 6.34 Å². The number of hydrogen-bond acceptors (Lipinski definition) is 2. The number of nitrogens with one attached hydrogen (secondary N) is 1. The second-order valence-corrected chi connectivity index (χ2v) is 2.89. The Hall–Kier alpha value is -1.83. The Morgan fingerprint density at radius 2 is 2.38 bits per heavy atom. The first-order valence-corrected chi connectivity index (χ1v) is 3.83. The summed E-state index contributed by atoms with van der Waals surface area (Å²) in [5, 5.41) is 11.6. The molecule has 0 radical (unpaired) electrons. The highest BCUT2D eigenvalue weighted by atomic mass is 15.3. The van der Waals surface area contributed by atoms with E-state index in [0.717, 1.165) is 0 Å². The largest absolute Gasteiger partial charge is 0.362 e. The summed E-state index contributed by atoms with van der Waals surface area (Å²) in [5.41, 5.74) is 0.542. The molecule has 0 atom stereocenters. The number of rotatable bonds is 2. The molecule has 0 aliphatic carbocycles. The molecule has 1 heterocycles. The molecule has 1 rings (SSSR count). The molecule has 13 heavy (non-hydrogen) atoms. The molecule has 1 aromatic heterocycles. The van der Waals surface area contributed by atoms with E-state index in [0.29, 0.717) is 11.4 Å². The molecule has 0 fully saturated rings. The van der Waals surface area contributed by atoms with Crippen molar-refractivity contribution in [3.8, 4) is 6.07 Å². The van der Waals surface area contributed by atoms with E-state index in [4.69, 9.17) is 5.26 Å². The molecule has 0 aromatic carbocycles. The van der Waals surface area contributed by atoms with Crippen LogP contribution in [0.3, 0.4) is 0 Å².